The van der Waals surface area contributed by atoms with Crippen LogP contribution in [0.5, 0.6) is 0 Å². The SMILES string of the molecule is CCc1cc(C(N)CC2CC3CCC2C3)n(C)n1. The summed E-state index contributed by atoms with van der Waals surface area (Å²) < 4.78 is 1.98. The van der Waals surface area contributed by atoms with Crippen LogP contribution in [0.1, 0.15) is 56.5 Å². The Morgan fingerprint density at radius 3 is 2.83 bits per heavy atom. The molecule has 0 amide bonds. The molecule has 2 aliphatic rings. The van der Waals surface area contributed by atoms with Crippen LogP contribution in [0.2, 0.25) is 0 Å². The Bertz CT molecular complexity index is 423. The van der Waals surface area contributed by atoms with Gasteiger partial charge in [-0.1, -0.05) is 13.3 Å². The maximum absolute atomic E-state index is 6.41. The molecule has 1 aromatic heterocycles. The van der Waals surface area contributed by atoms with Crippen molar-refractivity contribution in [2.75, 3.05) is 0 Å². The van der Waals surface area contributed by atoms with Gasteiger partial charge in [0.15, 0.2) is 0 Å². The zero-order chi connectivity index (χ0) is 12.7. The Morgan fingerprint density at radius 1 is 1.44 bits per heavy atom. The second-order valence-corrected chi connectivity index (χ2v) is 6.31. The van der Waals surface area contributed by atoms with Gasteiger partial charge >= 0.3 is 0 Å². The van der Waals surface area contributed by atoms with Gasteiger partial charge < -0.3 is 5.73 Å². The van der Waals surface area contributed by atoms with E-state index < -0.39 is 0 Å². The Kier molecular flexibility index (Phi) is 3.18. The third-order valence-electron chi connectivity index (χ3n) is 5.15. The van der Waals surface area contributed by atoms with E-state index in [9.17, 15) is 0 Å². The summed E-state index contributed by atoms with van der Waals surface area (Å²) in [5, 5.41) is 4.51. The summed E-state index contributed by atoms with van der Waals surface area (Å²) in [4.78, 5) is 0. The highest BCUT2D eigenvalue weighted by atomic mass is 15.3. The highest BCUT2D eigenvalue weighted by molar-refractivity contribution is 5.14. The minimum absolute atomic E-state index is 0.173. The number of nitrogens with zero attached hydrogens (tertiary/aromatic N) is 2. The van der Waals surface area contributed by atoms with E-state index in [1.165, 1.54) is 31.4 Å². The van der Waals surface area contributed by atoms with Gasteiger partial charge in [0.25, 0.3) is 0 Å². The summed E-state index contributed by atoms with van der Waals surface area (Å²) in [7, 11) is 2.02. The average Bonchev–Trinajstić information content (AvgIpc) is 3.03. The molecule has 3 rings (SSSR count). The Hall–Kier alpha value is -0.830. The number of aryl methyl sites for hydroxylation is 2. The molecule has 2 aliphatic carbocycles. The molecule has 3 heteroatoms. The predicted octanol–water partition coefficient (Wildman–Crippen LogP) is 2.81. The van der Waals surface area contributed by atoms with E-state index in [1.807, 2.05) is 11.7 Å². The Labute approximate surface area is 110 Å². The van der Waals surface area contributed by atoms with Gasteiger partial charge in [0.1, 0.15) is 0 Å². The first-order valence-electron chi connectivity index (χ1n) is 7.45. The van der Waals surface area contributed by atoms with Gasteiger partial charge in [0.05, 0.1) is 11.4 Å². The molecular weight excluding hydrogens is 222 g/mol. The minimum Gasteiger partial charge on any atom is -0.323 e. The molecule has 0 saturated heterocycles. The van der Waals surface area contributed by atoms with Crippen LogP contribution < -0.4 is 5.73 Å². The fraction of sp³-hybridized carbons (Fsp3) is 0.800. The largest absolute Gasteiger partial charge is 0.323 e. The second-order valence-electron chi connectivity index (χ2n) is 6.31. The summed E-state index contributed by atoms with van der Waals surface area (Å²) in [5.41, 5.74) is 8.79. The first kappa shape index (κ1) is 12.2. The summed E-state index contributed by atoms with van der Waals surface area (Å²) in [6.07, 6.45) is 7.98. The maximum atomic E-state index is 6.41. The van der Waals surface area contributed by atoms with Crippen LogP contribution in [0.3, 0.4) is 0 Å². The topological polar surface area (TPSA) is 43.8 Å². The van der Waals surface area contributed by atoms with E-state index in [2.05, 4.69) is 18.1 Å². The van der Waals surface area contributed by atoms with E-state index in [4.69, 9.17) is 5.73 Å². The van der Waals surface area contributed by atoms with Crippen LogP contribution in [-0.2, 0) is 13.5 Å². The highest BCUT2D eigenvalue weighted by Crippen LogP contribution is 2.50. The lowest BCUT2D eigenvalue weighted by atomic mass is 9.84. The first-order chi connectivity index (χ1) is 8.67. The molecule has 2 bridgehead atoms. The molecule has 100 valence electrons. The van der Waals surface area contributed by atoms with Gasteiger partial charge in [-0.3, -0.25) is 4.68 Å². The quantitative estimate of drug-likeness (QED) is 0.889. The molecule has 1 heterocycles. The lowest BCUT2D eigenvalue weighted by Gasteiger charge is -2.24. The van der Waals surface area contributed by atoms with Crippen LogP contribution >= 0.6 is 0 Å². The number of fused-ring (bicyclic) bond motifs is 2. The van der Waals surface area contributed by atoms with Crippen LogP contribution in [0, 0.1) is 17.8 Å². The van der Waals surface area contributed by atoms with Gasteiger partial charge in [0, 0.05) is 13.1 Å². The fourth-order valence-electron chi connectivity index (χ4n) is 4.18. The molecular formula is C15H25N3. The van der Waals surface area contributed by atoms with E-state index in [1.54, 1.807) is 0 Å². The molecule has 0 aliphatic heterocycles. The van der Waals surface area contributed by atoms with Crippen LogP contribution in [0.15, 0.2) is 6.07 Å². The Morgan fingerprint density at radius 2 is 2.28 bits per heavy atom. The zero-order valence-electron chi connectivity index (χ0n) is 11.6. The minimum atomic E-state index is 0.173. The molecule has 1 aromatic rings. The molecule has 4 atom stereocenters. The molecule has 0 radical (unpaired) electrons. The van der Waals surface area contributed by atoms with E-state index in [0.29, 0.717) is 0 Å². The summed E-state index contributed by atoms with van der Waals surface area (Å²) in [6, 6.07) is 2.37. The van der Waals surface area contributed by atoms with E-state index in [0.717, 1.165) is 36.3 Å². The summed E-state index contributed by atoms with van der Waals surface area (Å²) in [5.74, 6) is 2.86. The lowest BCUT2D eigenvalue weighted by molar-refractivity contribution is 0.292. The molecule has 2 fully saturated rings. The van der Waals surface area contributed by atoms with Crippen molar-refractivity contribution in [3.63, 3.8) is 0 Å². The standard InChI is InChI=1S/C15H25N3/c1-3-13-9-15(18(2)17-13)14(16)8-12-7-10-4-5-11(12)6-10/h9-12,14H,3-8,16H2,1-2H3. The molecule has 2 saturated carbocycles. The highest BCUT2D eigenvalue weighted by Gasteiger charge is 2.40. The second kappa shape index (κ2) is 4.69. The number of rotatable bonds is 4. The van der Waals surface area contributed by atoms with Crippen molar-refractivity contribution in [1.29, 1.82) is 0 Å². The van der Waals surface area contributed by atoms with Crippen molar-refractivity contribution < 1.29 is 0 Å². The van der Waals surface area contributed by atoms with Crippen molar-refractivity contribution in [3.8, 4) is 0 Å². The number of hydrogen-bond acceptors (Lipinski definition) is 2. The van der Waals surface area contributed by atoms with Crippen molar-refractivity contribution >= 4 is 0 Å². The van der Waals surface area contributed by atoms with Crippen LogP contribution in [0.25, 0.3) is 0 Å². The van der Waals surface area contributed by atoms with Gasteiger partial charge in [-0.2, -0.15) is 5.10 Å². The maximum Gasteiger partial charge on any atom is 0.0625 e. The molecule has 18 heavy (non-hydrogen) atoms. The monoisotopic (exact) mass is 247 g/mol. The van der Waals surface area contributed by atoms with Crippen LogP contribution in [-0.4, -0.2) is 9.78 Å². The van der Waals surface area contributed by atoms with E-state index in [-0.39, 0.29) is 6.04 Å². The molecule has 3 nitrogen and oxygen atoms in total. The average molecular weight is 247 g/mol. The van der Waals surface area contributed by atoms with Crippen molar-refractivity contribution in [2.24, 2.45) is 30.5 Å². The molecule has 0 aromatic carbocycles. The summed E-state index contributed by atoms with van der Waals surface area (Å²) >= 11 is 0. The Balaban J connectivity index is 1.67. The lowest BCUT2D eigenvalue weighted by Crippen LogP contribution is -2.21. The number of hydrogen-bond donors (Lipinski definition) is 1. The van der Waals surface area contributed by atoms with Crippen molar-refractivity contribution in [2.45, 2.75) is 51.5 Å². The van der Waals surface area contributed by atoms with Gasteiger partial charge in [-0.05, 0) is 55.9 Å². The third-order valence-corrected chi connectivity index (χ3v) is 5.15. The van der Waals surface area contributed by atoms with Crippen LogP contribution in [0.4, 0.5) is 0 Å². The number of aromatic nitrogens is 2. The number of nitrogens with two attached hydrogens (primary N) is 1. The van der Waals surface area contributed by atoms with E-state index >= 15 is 0 Å². The predicted molar refractivity (Wildman–Crippen MR) is 73.1 cm³/mol. The fourth-order valence-corrected chi connectivity index (χ4v) is 4.18. The third kappa shape index (κ3) is 2.09. The van der Waals surface area contributed by atoms with Gasteiger partial charge in [-0.25, -0.2) is 0 Å². The molecule has 4 unspecified atom stereocenters. The van der Waals surface area contributed by atoms with Gasteiger partial charge in [-0.15, -0.1) is 0 Å². The molecule has 2 N–H and O–H groups in total. The normalized spacial score (nSPS) is 32.1. The molecule has 0 spiro atoms. The van der Waals surface area contributed by atoms with Crippen molar-refractivity contribution in [3.05, 3.63) is 17.5 Å². The summed E-state index contributed by atoms with van der Waals surface area (Å²) in [6.45, 7) is 2.15. The zero-order valence-corrected chi connectivity index (χ0v) is 11.6. The smallest absolute Gasteiger partial charge is 0.0625 e. The van der Waals surface area contributed by atoms with Crippen molar-refractivity contribution in [1.82, 2.24) is 9.78 Å². The van der Waals surface area contributed by atoms with Gasteiger partial charge in [0.2, 0.25) is 0 Å². The first-order valence-corrected chi connectivity index (χ1v) is 7.45.